The lowest BCUT2D eigenvalue weighted by Crippen LogP contribution is -2.25. The van der Waals surface area contributed by atoms with Crippen molar-refractivity contribution in [2.75, 3.05) is 34.5 Å². The summed E-state index contributed by atoms with van der Waals surface area (Å²) in [6, 6.07) is 52.6. The minimum absolute atomic E-state index is 0.0174. The largest absolute Gasteiger partial charge is 0.508 e. The molecule has 0 unspecified atom stereocenters. The number of hydrogen-bond donors (Lipinski definition) is 4. The molecule has 0 spiro atoms. The number of rotatable bonds is 39. The summed E-state index contributed by atoms with van der Waals surface area (Å²) in [5, 5.41) is 37.3. The lowest BCUT2D eigenvalue weighted by Gasteiger charge is -2.26. The van der Waals surface area contributed by atoms with Gasteiger partial charge in [0.05, 0.1) is 79.4 Å². The van der Waals surface area contributed by atoms with Gasteiger partial charge >= 0.3 is 36.4 Å². The maximum Gasteiger partial charge on any atom is 0.416 e. The van der Waals surface area contributed by atoms with Crippen molar-refractivity contribution in [3.63, 3.8) is 0 Å². The highest BCUT2D eigenvalue weighted by atomic mass is 19.4. The predicted octanol–water partition coefficient (Wildman–Crippen LogP) is 26.7. The van der Waals surface area contributed by atoms with E-state index < -0.39 is 53.1 Å². The third kappa shape index (κ3) is 31.3. The Kier molecular flexibility index (Phi) is 36.7. The quantitative estimate of drug-likeness (QED) is 0.0206. The highest BCUT2D eigenvalue weighted by Crippen LogP contribution is 2.42. The number of aryl methyl sites for hydroxylation is 9. The van der Waals surface area contributed by atoms with Crippen molar-refractivity contribution in [3.05, 3.63) is 336 Å². The van der Waals surface area contributed by atoms with Crippen LogP contribution in [0.5, 0.6) is 28.7 Å². The second kappa shape index (κ2) is 48.4. The van der Waals surface area contributed by atoms with Crippen LogP contribution in [0.2, 0.25) is 0 Å². The molecule has 4 aromatic heterocycles. The molecule has 21 nitrogen and oxygen atoms in total. The average molecular weight is 1940 g/mol. The Bertz CT molecular complexity index is 6460. The van der Waals surface area contributed by atoms with Gasteiger partial charge in [0.15, 0.2) is 17.2 Å². The molecule has 0 atom stereocenters. The highest BCUT2D eigenvalue weighted by molar-refractivity contribution is 5.76. The summed E-state index contributed by atoms with van der Waals surface area (Å²) < 4.78 is 147. The van der Waals surface area contributed by atoms with Crippen LogP contribution in [0.3, 0.4) is 0 Å². The van der Waals surface area contributed by atoms with Crippen LogP contribution in [0, 0.1) is 62.3 Å². The zero-order valence-electron chi connectivity index (χ0n) is 81.8. The van der Waals surface area contributed by atoms with Crippen molar-refractivity contribution in [1.82, 2.24) is 34.9 Å². The van der Waals surface area contributed by atoms with Gasteiger partial charge in [0.25, 0.3) is 0 Å². The van der Waals surface area contributed by atoms with Crippen LogP contribution < -0.4 is 33.6 Å². The van der Waals surface area contributed by atoms with Gasteiger partial charge in [-0.05, 0) is 266 Å². The number of phenols is 1. The number of hydrogen-bond acceptors (Lipinski definition) is 18. The molecule has 13 rings (SSSR count). The Hall–Kier alpha value is -14.5. The molecule has 0 fully saturated rings. The number of pyridine rings is 1. The maximum atomic E-state index is 13.9. The summed E-state index contributed by atoms with van der Waals surface area (Å²) in [5.74, 6) is 0.921. The molecule has 4 N–H and O–H groups in total. The summed E-state index contributed by atoms with van der Waals surface area (Å²) in [7, 11) is 0. The van der Waals surface area contributed by atoms with Crippen molar-refractivity contribution in [3.8, 4) is 62.3 Å². The summed E-state index contributed by atoms with van der Waals surface area (Å²) >= 11 is 0. The van der Waals surface area contributed by atoms with Crippen molar-refractivity contribution >= 4 is 35.8 Å². The Balaban J connectivity index is 0.000000203. The van der Waals surface area contributed by atoms with Crippen LogP contribution >= 0.6 is 0 Å². The van der Waals surface area contributed by atoms with Gasteiger partial charge in [0.2, 0.25) is 17.8 Å². The molecule has 0 amide bonds. The molecule has 9 aromatic carbocycles. The number of carboxylic acids is 3. The molecule has 141 heavy (non-hydrogen) atoms. The van der Waals surface area contributed by atoms with Gasteiger partial charge in [0, 0.05) is 69.8 Å². The van der Waals surface area contributed by atoms with Crippen LogP contribution in [0.25, 0.3) is 33.5 Å². The van der Waals surface area contributed by atoms with Gasteiger partial charge in [-0.15, -0.1) is 0 Å². The van der Waals surface area contributed by atoms with Crippen LogP contribution in [-0.4, -0.2) is 93.0 Å². The van der Waals surface area contributed by atoms with Gasteiger partial charge in [-0.1, -0.05) is 173 Å². The molecule has 0 aliphatic carbocycles. The van der Waals surface area contributed by atoms with Gasteiger partial charge in [-0.25, -0.2) is 29.9 Å². The maximum absolute atomic E-state index is 13.9. The van der Waals surface area contributed by atoms with Gasteiger partial charge < -0.3 is 54.1 Å². The van der Waals surface area contributed by atoms with Crippen molar-refractivity contribution < 1.29 is 93.3 Å². The van der Waals surface area contributed by atoms with E-state index in [1.807, 2.05) is 98.2 Å². The summed E-state index contributed by atoms with van der Waals surface area (Å²) in [4.78, 5) is 70.0. The zero-order valence-corrected chi connectivity index (χ0v) is 81.8. The van der Waals surface area contributed by atoms with Crippen molar-refractivity contribution in [2.24, 2.45) is 0 Å². The van der Waals surface area contributed by atoms with Crippen LogP contribution in [0.15, 0.2) is 213 Å². The van der Waals surface area contributed by atoms with Gasteiger partial charge in [-0.2, -0.15) is 39.5 Å². The summed E-state index contributed by atoms with van der Waals surface area (Å²) in [5.41, 5.74) is 19.0. The number of aromatic nitrogens is 7. The second-order valence-corrected chi connectivity index (χ2v) is 36.4. The topological polar surface area (TPSA) is 269 Å². The molecule has 0 radical (unpaired) electrons. The number of phenolic OH excluding ortho intramolecular Hbond substituents is 1. The van der Waals surface area contributed by atoms with E-state index in [2.05, 4.69) is 133 Å². The Labute approximate surface area is 816 Å². The fourth-order valence-corrected chi connectivity index (χ4v) is 16.0. The first-order chi connectivity index (χ1) is 66.8. The second-order valence-electron chi connectivity index (χ2n) is 36.4. The first-order valence-corrected chi connectivity index (χ1v) is 46.5. The van der Waals surface area contributed by atoms with E-state index in [9.17, 15) is 59.0 Å². The number of carboxylic acid groups (broad SMARTS) is 3. The fraction of sp³-hybridized carbons (Fsp3) is 0.333. The van der Waals surface area contributed by atoms with Crippen LogP contribution in [-0.2, 0) is 78.8 Å². The molecule has 0 saturated heterocycles. The molecule has 0 saturated carbocycles. The van der Waals surface area contributed by atoms with E-state index in [0.29, 0.717) is 106 Å². The van der Waals surface area contributed by atoms with E-state index in [1.54, 1.807) is 56.9 Å². The fourth-order valence-electron chi connectivity index (χ4n) is 16.0. The average Bonchev–Trinajstić information content (AvgIpc) is 0.799. The van der Waals surface area contributed by atoms with Crippen molar-refractivity contribution in [1.29, 1.82) is 0 Å². The van der Waals surface area contributed by atoms with E-state index in [1.165, 1.54) is 48.8 Å². The molecule has 4 heterocycles. The number of halogens is 9. The Morgan fingerprint density at radius 1 is 0.340 bits per heavy atom. The minimum atomic E-state index is -4.50. The van der Waals surface area contributed by atoms with Gasteiger partial charge in [0.1, 0.15) is 18.1 Å². The number of alkyl halides is 9. The van der Waals surface area contributed by atoms with Crippen molar-refractivity contribution in [2.45, 2.75) is 225 Å². The minimum Gasteiger partial charge on any atom is -0.508 e. The van der Waals surface area contributed by atoms with Crippen LogP contribution in [0.1, 0.15) is 220 Å². The number of nitrogens with zero attached hydrogens (tertiary/aromatic N) is 10. The number of aliphatic carboxylic acids is 3. The summed E-state index contributed by atoms with van der Waals surface area (Å²) in [6.45, 7) is 31.5. The molecule has 0 aliphatic rings. The smallest absolute Gasteiger partial charge is 0.416 e. The van der Waals surface area contributed by atoms with Crippen LogP contribution in [0.4, 0.5) is 57.4 Å². The third-order valence-corrected chi connectivity index (χ3v) is 23.4. The first-order valence-electron chi connectivity index (χ1n) is 46.5. The third-order valence-electron chi connectivity index (χ3n) is 23.4. The zero-order chi connectivity index (χ0) is 102. The summed E-state index contributed by atoms with van der Waals surface area (Å²) in [6.07, 6.45) is -3.68. The van der Waals surface area contributed by atoms with E-state index in [4.69, 9.17) is 39.3 Å². The molecule has 30 heteroatoms. The number of aromatic hydroxyl groups is 1. The van der Waals surface area contributed by atoms with Gasteiger partial charge in [-0.3, -0.25) is 19.4 Å². The molecule has 0 aliphatic heterocycles. The molecule has 13 aromatic rings. The first kappa shape index (κ1) is 107. The predicted molar refractivity (Wildman–Crippen MR) is 528 cm³/mol. The molecular weight excluding hydrogens is 1820 g/mol. The lowest BCUT2D eigenvalue weighted by atomic mass is 9.90. The molecule has 0 bridgehead atoms. The monoisotopic (exact) mass is 1940 g/mol. The normalized spacial score (nSPS) is 11.5. The number of anilines is 3. The lowest BCUT2D eigenvalue weighted by molar-refractivity contribution is -0.138. The Morgan fingerprint density at radius 2 is 0.716 bits per heavy atom. The number of benzene rings is 9. The highest BCUT2D eigenvalue weighted by Gasteiger charge is 2.35. The SMILES string of the molecule is Cc1cc(CN(Cc2cc(C)c(O)cc2-c2cc(C(C)C)ccc2C)c2ncc(OCCCC(=O)O)cn2)cc(C(F)(F)F)c1.Cc1cc(CN(Cc2cc(C)c(OCc3ccccc3)cc2-c2cc(C(C)C)ccc2C)c2ncc(OCCCC(=O)O)cn2)cc(C(F)(F)F)c1.Cc1cc(CN(Cc2ccc(C)cc2-c2nc(C(C)C)ccc2C)c2ncc(OCCCC(=O)O)cn2)cc(C(F)(F)F)c1. The van der Waals surface area contributed by atoms with E-state index >= 15 is 0 Å². The standard InChI is InChI=1S/C42H44F3N3O4.C35H38F3N3O4.C34H37F3N4O3/c1-27(2)33-14-13-29(4)37(20-33)38-21-39(52-26-31-10-7-6-8-11-31)30(5)18-34(38)25-48(24-32-16-28(3)17-35(19-32)42(43,44)45)41-46-22-36(23-47-41)51-15-9-12-40(49)50;1-21(2)26-9-8-23(4)30(15-26)31-16-32(42)24(5)13-27(31)20-41(19-25-11-22(3)12-28(14-25)35(36,37)38)34-39-17-29(18-40-34)45-10-6-7-33(43)44;1-21(2)30-11-9-24(5)32(40-30)29-15-22(3)8-10-26(29)20-41(19-25-13-23(4)14-27(16-25)34(35,36)37)33-38-17-28(18-39-33)44-12-6-7-31(42)43/h6-8,10-11,13-14,16-23,27H,9,12,15,24-26H2,1-5H3,(H,49,50);8-9,11-18,21,42H,6-7,10,19-20H2,1-5H3,(H,43,44);8-11,13-18,21H,6-7,12,19-20H2,1-5H3,(H,42,43). The molecular formula is C111H119F9N10O11. The van der Waals surface area contributed by atoms with E-state index in [0.717, 1.165) is 131 Å². The number of ether oxygens (including phenoxy) is 4. The Morgan fingerprint density at radius 3 is 1.09 bits per heavy atom. The number of carbonyl (C=O) groups is 3. The molecule has 742 valence electrons. The van der Waals surface area contributed by atoms with E-state index in [-0.39, 0.29) is 95.3 Å².